The van der Waals surface area contributed by atoms with Crippen molar-refractivity contribution in [3.05, 3.63) is 76.2 Å². The highest BCUT2D eigenvalue weighted by atomic mass is 16.5. The van der Waals surface area contributed by atoms with E-state index in [2.05, 4.69) is 5.10 Å². The van der Waals surface area contributed by atoms with Crippen molar-refractivity contribution < 1.29 is 9.53 Å². The first-order valence-electron chi connectivity index (χ1n) is 7.81. The largest absolute Gasteiger partial charge is 0.458 e. The van der Waals surface area contributed by atoms with Gasteiger partial charge in [-0.3, -0.25) is 4.79 Å². The third-order valence-electron chi connectivity index (χ3n) is 3.58. The Kier molecular flexibility index (Phi) is 4.42. The highest BCUT2D eigenvalue weighted by molar-refractivity contribution is 6.02. The van der Waals surface area contributed by atoms with Gasteiger partial charge < -0.3 is 4.74 Å². The summed E-state index contributed by atoms with van der Waals surface area (Å²) in [5.41, 5.74) is 0.871. The summed E-state index contributed by atoms with van der Waals surface area (Å²) < 4.78 is 6.59. The number of benzene rings is 2. The molecule has 3 rings (SSSR count). The van der Waals surface area contributed by atoms with E-state index >= 15 is 0 Å². The molecule has 0 atom stereocenters. The molecule has 1 aromatic heterocycles. The Morgan fingerprint density at radius 3 is 2.33 bits per heavy atom. The van der Waals surface area contributed by atoms with Crippen molar-refractivity contribution in [2.24, 2.45) is 0 Å². The number of ether oxygens (including phenoxy) is 1. The van der Waals surface area contributed by atoms with E-state index in [9.17, 15) is 9.59 Å². The predicted molar refractivity (Wildman–Crippen MR) is 92.1 cm³/mol. The zero-order chi connectivity index (χ0) is 17.1. The molecule has 0 radical (unpaired) electrons. The molecular weight excluding hydrogens is 304 g/mol. The second kappa shape index (κ2) is 6.66. The molecular formula is C19H18N2O3. The van der Waals surface area contributed by atoms with Crippen LogP contribution in [-0.2, 0) is 11.3 Å². The lowest BCUT2D eigenvalue weighted by Crippen LogP contribution is -2.27. The van der Waals surface area contributed by atoms with Gasteiger partial charge in [0.05, 0.1) is 18.0 Å². The molecule has 0 saturated carbocycles. The first-order chi connectivity index (χ1) is 11.6. The number of rotatable bonds is 4. The number of aromatic nitrogens is 2. The number of carbonyl (C=O) groups excluding carboxylic acids is 1. The maximum absolute atomic E-state index is 12.7. The van der Waals surface area contributed by atoms with Crippen LogP contribution in [0.3, 0.4) is 0 Å². The fourth-order valence-corrected chi connectivity index (χ4v) is 2.52. The van der Waals surface area contributed by atoms with E-state index in [-0.39, 0.29) is 17.4 Å². The standard InChI is InChI=1S/C19H18N2O3/c1-13(2)24-19(23)17-15-10-6-7-11-16(15)18(22)21(20-17)12-14-8-4-3-5-9-14/h3-11,13H,12H2,1-2H3. The maximum atomic E-state index is 12.7. The molecule has 5 heteroatoms. The normalized spacial score (nSPS) is 11.0. The third-order valence-corrected chi connectivity index (χ3v) is 3.58. The van der Waals surface area contributed by atoms with E-state index in [0.717, 1.165) is 5.56 Å². The lowest BCUT2D eigenvalue weighted by atomic mass is 10.1. The molecule has 0 fully saturated rings. The Hall–Kier alpha value is -2.95. The van der Waals surface area contributed by atoms with Crippen molar-refractivity contribution in [3.63, 3.8) is 0 Å². The van der Waals surface area contributed by atoms with Crippen molar-refractivity contribution in [2.45, 2.75) is 26.5 Å². The first-order valence-corrected chi connectivity index (χ1v) is 7.81. The zero-order valence-electron chi connectivity index (χ0n) is 13.6. The Bertz CT molecular complexity index is 930. The molecule has 0 aliphatic carbocycles. The molecule has 0 unspecified atom stereocenters. The Morgan fingerprint density at radius 2 is 1.67 bits per heavy atom. The fraction of sp³-hybridized carbons (Fsp3) is 0.211. The first kappa shape index (κ1) is 15.9. The summed E-state index contributed by atoms with van der Waals surface area (Å²) in [4.78, 5) is 25.1. The summed E-state index contributed by atoms with van der Waals surface area (Å²) in [6.07, 6.45) is -0.257. The van der Waals surface area contributed by atoms with Gasteiger partial charge in [0.15, 0.2) is 5.69 Å². The lowest BCUT2D eigenvalue weighted by Gasteiger charge is -2.12. The summed E-state index contributed by atoms with van der Waals surface area (Å²) in [5.74, 6) is -0.525. The summed E-state index contributed by atoms with van der Waals surface area (Å²) >= 11 is 0. The van der Waals surface area contributed by atoms with Crippen LogP contribution in [0.15, 0.2) is 59.4 Å². The van der Waals surface area contributed by atoms with Crippen molar-refractivity contribution in [2.75, 3.05) is 0 Å². The lowest BCUT2D eigenvalue weighted by molar-refractivity contribution is 0.0370. The smallest absolute Gasteiger partial charge is 0.359 e. The number of esters is 1. The molecule has 0 spiro atoms. The molecule has 3 aromatic rings. The number of fused-ring (bicyclic) bond motifs is 1. The van der Waals surface area contributed by atoms with Gasteiger partial charge in [-0.1, -0.05) is 48.5 Å². The van der Waals surface area contributed by atoms with Gasteiger partial charge >= 0.3 is 5.97 Å². The topological polar surface area (TPSA) is 61.2 Å². The maximum Gasteiger partial charge on any atom is 0.359 e. The van der Waals surface area contributed by atoms with E-state index < -0.39 is 5.97 Å². The van der Waals surface area contributed by atoms with Gasteiger partial charge in [0.25, 0.3) is 5.56 Å². The van der Waals surface area contributed by atoms with Gasteiger partial charge in [-0.2, -0.15) is 5.10 Å². The number of carbonyl (C=O) groups is 1. The van der Waals surface area contributed by atoms with Crippen LogP contribution in [0.2, 0.25) is 0 Å². The fourth-order valence-electron chi connectivity index (χ4n) is 2.52. The van der Waals surface area contributed by atoms with Crippen LogP contribution in [-0.4, -0.2) is 21.9 Å². The number of hydrogen-bond donors (Lipinski definition) is 0. The van der Waals surface area contributed by atoms with Gasteiger partial charge in [-0.25, -0.2) is 9.48 Å². The van der Waals surface area contributed by atoms with E-state index in [1.54, 1.807) is 38.1 Å². The number of hydrogen-bond acceptors (Lipinski definition) is 4. The summed E-state index contributed by atoms with van der Waals surface area (Å²) in [5, 5.41) is 5.25. The minimum absolute atomic E-state index is 0.162. The van der Waals surface area contributed by atoms with Gasteiger partial charge in [0.2, 0.25) is 0 Å². The SMILES string of the molecule is CC(C)OC(=O)c1nn(Cc2ccccc2)c(=O)c2ccccc12. The third kappa shape index (κ3) is 3.20. The molecule has 0 aliphatic heterocycles. The average molecular weight is 322 g/mol. The molecule has 24 heavy (non-hydrogen) atoms. The molecule has 0 bridgehead atoms. The van der Waals surface area contributed by atoms with E-state index in [0.29, 0.717) is 17.3 Å². The van der Waals surface area contributed by atoms with Crippen LogP contribution in [0, 0.1) is 0 Å². The summed E-state index contributed by atoms with van der Waals surface area (Å²) in [7, 11) is 0. The number of nitrogens with zero attached hydrogens (tertiary/aromatic N) is 2. The van der Waals surface area contributed by atoms with Gasteiger partial charge in [-0.15, -0.1) is 0 Å². The van der Waals surface area contributed by atoms with Crippen LogP contribution in [0.25, 0.3) is 10.8 Å². The highest BCUT2D eigenvalue weighted by Gasteiger charge is 2.18. The molecule has 0 saturated heterocycles. The second-order valence-electron chi connectivity index (χ2n) is 5.80. The highest BCUT2D eigenvalue weighted by Crippen LogP contribution is 2.15. The van der Waals surface area contributed by atoms with E-state index in [1.807, 2.05) is 30.3 Å². The monoisotopic (exact) mass is 322 g/mol. The minimum Gasteiger partial charge on any atom is -0.458 e. The minimum atomic E-state index is -0.525. The predicted octanol–water partition coefficient (Wildman–Crippen LogP) is 3.01. The molecule has 0 N–H and O–H groups in total. The molecule has 5 nitrogen and oxygen atoms in total. The van der Waals surface area contributed by atoms with Crippen molar-refractivity contribution >= 4 is 16.7 Å². The van der Waals surface area contributed by atoms with E-state index in [4.69, 9.17) is 4.74 Å². The molecule has 0 amide bonds. The summed E-state index contributed by atoms with van der Waals surface area (Å²) in [6, 6.07) is 16.5. The summed E-state index contributed by atoms with van der Waals surface area (Å²) in [6.45, 7) is 3.85. The van der Waals surface area contributed by atoms with Crippen molar-refractivity contribution in [1.29, 1.82) is 0 Å². The molecule has 1 heterocycles. The van der Waals surface area contributed by atoms with Crippen LogP contribution in [0.5, 0.6) is 0 Å². The van der Waals surface area contributed by atoms with Crippen LogP contribution >= 0.6 is 0 Å². The Morgan fingerprint density at radius 1 is 1.04 bits per heavy atom. The molecule has 122 valence electrons. The van der Waals surface area contributed by atoms with Gasteiger partial charge in [-0.05, 0) is 25.5 Å². The van der Waals surface area contributed by atoms with Gasteiger partial charge in [0, 0.05) is 5.39 Å². The van der Waals surface area contributed by atoms with Crippen LogP contribution < -0.4 is 5.56 Å². The molecule has 0 aliphatic rings. The van der Waals surface area contributed by atoms with Gasteiger partial charge in [0.1, 0.15) is 0 Å². The van der Waals surface area contributed by atoms with Crippen molar-refractivity contribution in [3.8, 4) is 0 Å². The van der Waals surface area contributed by atoms with E-state index in [1.165, 1.54) is 4.68 Å². The van der Waals surface area contributed by atoms with Crippen molar-refractivity contribution in [1.82, 2.24) is 9.78 Å². The Balaban J connectivity index is 2.15. The zero-order valence-corrected chi connectivity index (χ0v) is 13.6. The average Bonchev–Trinajstić information content (AvgIpc) is 2.58. The van der Waals surface area contributed by atoms with Crippen LogP contribution in [0.4, 0.5) is 0 Å². The molecule has 2 aromatic carbocycles. The quantitative estimate of drug-likeness (QED) is 0.693. The Labute approximate surface area is 139 Å². The second-order valence-corrected chi connectivity index (χ2v) is 5.80. The van der Waals surface area contributed by atoms with Crippen LogP contribution in [0.1, 0.15) is 29.9 Å².